The van der Waals surface area contributed by atoms with E-state index >= 15 is 0 Å². The Bertz CT molecular complexity index is 506. The van der Waals surface area contributed by atoms with Crippen LogP contribution in [0.15, 0.2) is 39.9 Å². The number of hydrogen-bond donors (Lipinski definition) is 1. The maximum absolute atomic E-state index is 12.0. The van der Waals surface area contributed by atoms with Crippen molar-refractivity contribution < 1.29 is 4.21 Å². The number of thiophene rings is 1. The summed E-state index contributed by atoms with van der Waals surface area (Å²) >= 11 is 1.53. The summed E-state index contributed by atoms with van der Waals surface area (Å²) in [5, 5.41) is 1.94. The van der Waals surface area contributed by atoms with Gasteiger partial charge in [0.05, 0.1) is 20.8 Å². The molecule has 1 atom stereocenters. The van der Waals surface area contributed by atoms with Gasteiger partial charge in [-0.2, -0.15) is 0 Å². The van der Waals surface area contributed by atoms with Crippen LogP contribution in [0.2, 0.25) is 0 Å². The summed E-state index contributed by atoms with van der Waals surface area (Å²) in [5.74, 6) is 0.539. The smallest absolute Gasteiger partial charge is 0.0913 e. The fourth-order valence-corrected chi connectivity index (χ4v) is 3.65. The molecule has 84 valence electrons. The van der Waals surface area contributed by atoms with Gasteiger partial charge < -0.3 is 5.73 Å². The average Bonchev–Trinajstić information content (AvgIpc) is 2.78. The average molecular weight is 251 g/mol. The lowest BCUT2D eigenvalue weighted by molar-refractivity contribution is 0.684. The lowest BCUT2D eigenvalue weighted by atomic mass is 10.1. The molecule has 2 rings (SSSR count). The van der Waals surface area contributed by atoms with Crippen molar-refractivity contribution in [2.45, 2.75) is 16.9 Å². The van der Waals surface area contributed by atoms with Crippen molar-refractivity contribution >= 4 is 27.8 Å². The zero-order chi connectivity index (χ0) is 11.5. The molecular weight excluding hydrogens is 238 g/mol. The van der Waals surface area contributed by atoms with Crippen LogP contribution in [0.25, 0.3) is 0 Å². The minimum Gasteiger partial charge on any atom is -0.399 e. The van der Waals surface area contributed by atoms with Crippen LogP contribution in [0.1, 0.15) is 11.1 Å². The van der Waals surface area contributed by atoms with Crippen molar-refractivity contribution in [3.63, 3.8) is 0 Å². The normalized spacial score (nSPS) is 12.6. The minimum atomic E-state index is -0.959. The minimum absolute atomic E-state index is 0.539. The first kappa shape index (κ1) is 11.4. The van der Waals surface area contributed by atoms with E-state index < -0.39 is 10.8 Å². The van der Waals surface area contributed by atoms with E-state index in [9.17, 15) is 4.21 Å². The van der Waals surface area contributed by atoms with Crippen molar-refractivity contribution in [2.75, 3.05) is 5.73 Å². The van der Waals surface area contributed by atoms with Gasteiger partial charge in [-0.05, 0) is 35.6 Å². The Balaban J connectivity index is 2.22. The van der Waals surface area contributed by atoms with Crippen molar-refractivity contribution in [3.8, 4) is 0 Å². The first-order chi connectivity index (χ1) is 7.68. The molecule has 0 bridgehead atoms. The lowest BCUT2D eigenvalue weighted by Crippen LogP contribution is -1.99. The third kappa shape index (κ3) is 2.33. The second-order valence-corrected chi connectivity index (χ2v) is 6.18. The van der Waals surface area contributed by atoms with Crippen LogP contribution >= 0.6 is 11.3 Å². The maximum atomic E-state index is 12.0. The standard InChI is InChI=1S/C12H13NOS2/c1-9-10(4-2-5-11(9)13)8-16(14)12-6-3-7-15-12/h2-7H,8,13H2,1H3. The molecule has 0 aliphatic carbocycles. The maximum Gasteiger partial charge on any atom is 0.0913 e. The van der Waals surface area contributed by atoms with E-state index in [0.29, 0.717) is 5.75 Å². The quantitative estimate of drug-likeness (QED) is 0.852. The SMILES string of the molecule is Cc1c(N)cccc1CS(=O)c1cccs1. The van der Waals surface area contributed by atoms with E-state index in [1.165, 1.54) is 11.3 Å². The number of nitrogens with two attached hydrogens (primary N) is 1. The van der Waals surface area contributed by atoms with Gasteiger partial charge in [-0.15, -0.1) is 11.3 Å². The van der Waals surface area contributed by atoms with Gasteiger partial charge in [-0.25, -0.2) is 0 Å². The molecule has 0 fully saturated rings. The molecule has 1 aromatic heterocycles. The second kappa shape index (κ2) is 4.80. The van der Waals surface area contributed by atoms with Crippen molar-refractivity contribution in [1.29, 1.82) is 0 Å². The molecule has 0 aliphatic rings. The predicted molar refractivity (Wildman–Crippen MR) is 70.0 cm³/mol. The van der Waals surface area contributed by atoms with Crippen LogP contribution in [0.3, 0.4) is 0 Å². The number of benzene rings is 1. The van der Waals surface area contributed by atoms with Crippen molar-refractivity contribution in [2.24, 2.45) is 0 Å². The molecule has 1 heterocycles. The highest BCUT2D eigenvalue weighted by molar-refractivity contribution is 7.86. The molecule has 0 saturated heterocycles. The van der Waals surface area contributed by atoms with Crippen LogP contribution < -0.4 is 5.73 Å². The number of anilines is 1. The zero-order valence-corrected chi connectivity index (χ0v) is 10.6. The molecule has 0 saturated carbocycles. The van der Waals surface area contributed by atoms with Crippen LogP contribution in [-0.4, -0.2) is 4.21 Å². The number of rotatable bonds is 3. The molecule has 1 unspecified atom stereocenters. The third-order valence-electron chi connectivity index (χ3n) is 2.49. The fraction of sp³-hybridized carbons (Fsp3) is 0.167. The number of hydrogen-bond acceptors (Lipinski definition) is 3. The Morgan fingerprint density at radius 2 is 2.12 bits per heavy atom. The summed E-state index contributed by atoms with van der Waals surface area (Å²) in [5.41, 5.74) is 8.68. The Morgan fingerprint density at radius 1 is 1.31 bits per heavy atom. The van der Waals surface area contributed by atoms with Gasteiger partial charge in [0.25, 0.3) is 0 Å². The van der Waals surface area contributed by atoms with Crippen molar-refractivity contribution in [1.82, 2.24) is 0 Å². The summed E-state index contributed by atoms with van der Waals surface area (Å²) in [6.07, 6.45) is 0. The van der Waals surface area contributed by atoms with E-state index in [1.54, 1.807) is 0 Å². The molecule has 0 spiro atoms. The summed E-state index contributed by atoms with van der Waals surface area (Å²) in [6, 6.07) is 9.58. The molecule has 2 nitrogen and oxygen atoms in total. The van der Waals surface area contributed by atoms with Crippen LogP contribution in [-0.2, 0) is 16.6 Å². The van der Waals surface area contributed by atoms with Gasteiger partial charge in [0.1, 0.15) is 0 Å². The molecule has 2 N–H and O–H groups in total. The predicted octanol–water partition coefficient (Wildman–Crippen LogP) is 2.95. The Morgan fingerprint density at radius 3 is 2.81 bits per heavy atom. The van der Waals surface area contributed by atoms with E-state index in [4.69, 9.17) is 5.73 Å². The molecule has 0 amide bonds. The van der Waals surface area contributed by atoms with Gasteiger partial charge >= 0.3 is 0 Å². The summed E-state index contributed by atoms with van der Waals surface area (Å²) < 4.78 is 12.9. The highest BCUT2D eigenvalue weighted by Crippen LogP contribution is 2.21. The van der Waals surface area contributed by atoms with E-state index in [-0.39, 0.29) is 0 Å². The first-order valence-electron chi connectivity index (χ1n) is 4.94. The Kier molecular flexibility index (Phi) is 3.41. The summed E-state index contributed by atoms with van der Waals surface area (Å²) in [6.45, 7) is 1.97. The van der Waals surface area contributed by atoms with Crippen molar-refractivity contribution in [3.05, 3.63) is 46.8 Å². The molecule has 16 heavy (non-hydrogen) atoms. The summed E-state index contributed by atoms with van der Waals surface area (Å²) in [7, 11) is -0.959. The van der Waals surface area contributed by atoms with E-state index in [2.05, 4.69) is 0 Å². The van der Waals surface area contributed by atoms with Gasteiger partial charge in [0.15, 0.2) is 0 Å². The lowest BCUT2D eigenvalue weighted by Gasteiger charge is -2.07. The molecule has 0 aliphatic heterocycles. The van der Waals surface area contributed by atoms with Gasteiger partial charge in [0, 0.05) is 5.69 Å². The molecular formula is C12H13NOS2. The molecule has 1 aromatic carbocycles. The molecule has 2 aromatic rings. The molecule has 4 heteroatoms. The zero-order valence-electron chi connectivity index (χ0n) is 8.97. The highest BCUT2D eigenvalue weighted by atomic mass is 32.2. The second-order valence-electron chi connectivity index (χ2n) is 3.55. The van der Waals surface area contributed by atoms with E-state index in [1.807, 2.05) is 42.6 Å². The van der Waals surface area contributed by atoms with E-state index in [0.717, 1.165) is 21.0 Å². The number of nitrogen functional groups attached to an aromatic ring is 1. The van der Waals surface area contributed by atoms with Crippen LogP contribution in [0, 0.1) is 6.92 Å². The summed E-state index contributed by atoms with van der Waals surface area (Å²) in [4.78, 5) is 0. The van der Waals surface area contributed by atoms with Gasteiger partial charge in [-0.3, -0.25) is 4.21 Å². The molecule has 0 radical (unpaired) electrons. The third-order valence-corrected chi connectivity index (χ3v) is 5.16. The van der Waals surface area contributed by atoms with Crippen LogP contribution in [0.4, 0.5) is 5.69 Å². The monoisotopic (exact) mass is 251 g/mol. The fourth-order valence-electron chi connectivity index (χ4n) is 1.47. The first-order valence-corrected chi connectivity index (χ1v) is 7.14. The Labute approximate surface area is 102 Å². The largest absolute Gasteiger partial charge is 0.399 e. The van der Waals surface area contributed by atoms with Gasteiger partial charge in [0.2, 0.25) is 0 Å². The van der Waals surface area contributed by atoms with Crippen LogP contribution in [0.5, 0.6) is 0 Å². The Hall–Kier alpha value is -1.13. The van der Waals surface area contributed by atoms with Gasteiger partial charge in [-0.1, -0.05) is 18.2 Å². The topological polar surface area (TPSA) is 43.1 Å². The highest BCUT2D eigenvalue weighted by Gasteiger charge is 2.08.